The highest BCUT2D eigenvalue weighted by Gasteiger charge is 2.09. The highest BCUT2D eigenvalue weighted by molar-refractivity contribution is 5.77. The van der Waals surface area contributed by atoms with Gasteiger partial charge in [-0.3, -0.25) is 9.59 Å². The molecule has 0 bridgehead atoms. The first-order valence-corrected chi connectivity index (χ1v) is 9.99. The molecule has 0 saturated heterocycles. The number of carbonyl (C=O) groups excluding carboxylic acids is 1. The van der Waals surface area contributed by atoms with Crippen LogP contribution in [0.15, 0.2) is 84.3 Å². The first kappa shape index (κ1) is 21.9. The molecule has 0 atom stereocenters. The minimum Gasteiger partial charge on any atom is -0.493 e. The van der Waals surface area contributed by atoms with Gasteiger partial charge in [0.2, 0.25) is 0 Å². The minimum absolute atomic E-state index is 0.0363. The van der Waals surface area contributed by atoms with E-state index in [9.17, 15) is 9.59 Å². The standard InChI is InChI=1S/C25H26N2O4/c1-3-6-19-12-13-22(23(15-19)30-2)31-18-24(28)26-16-20-8-10-21(11-9-20)17-27-14-5-4-7-25(27)29/h3-5,7-15H,1,6,16-18H2,2H3,(H,26,28). The summed E-state index contributed by atoms with van der Waals surface area (Å²) in [6.45, 7) is 4.52. The molecule has 3 rings (SSSR count). The number of nitrogens with zero attached hydrogens (tertiary/aromatic N) is 1. The predicted molar refractivity (Wildman–Crippen MR) is 120 cm³/mol. The van der Waals surface area contributed by atoms with Crippen LogP contribution in [0.5, 0.6) is 11.5 Å². The highest BCUT2D eigenvalue weighted by atomic mass is 16.5. The summed E-state index contributed by atoms with van der Waals surface area (Å²) in [6.07, 6.45) is 4.31. The van der Waals surface area contributed by atoms with E-state index in [0.29, 0.717) is 24.6 Å². The molecule has 31 heavy (non-hydrogen) atoms. The maximum Gasteiger partial charge on any atom is 0.258 e. The lowest BCUT2D eigenvalue weighted by atomic mass is 10.1. The molecule has 3 aromatic rings. The summed E-state index contributed by atoms with van der Waals surface area (Å²) >= 11 is 0. The zero-order chi connectivity index (χ0) is 22.1. The van der Waals surface area contributed by atoms with Gasteiger partial charge < -0.3 is 19.4 Å². The van der Waals surface area contributed by atoms with Gasteiger partial charge in [-0.1, -0.05) is 42.5 Å². The van der Waals surface area contributed by atoms with Crippen molar-refractivity contribution in [1.82, 2.24) is 9.88 Å². The van der Waals surface area contributed by atoms with Gasteiger partial charge in [-0.25, -0.2) is 0 Å². The summed E-state index contributed by atoms with van der Waals surface area (Å²) in [5.74, 6) is 0.878. The molecule has 0 aliphatic carbocycles. The molecule has 0 spiro atoms. The monoisotopic (exact) mass is 418 g/mol. The maximum atomic E-state index is 12.2. The van der Waals surface area contributed by atoms with Crippen LogP contribution in [0, 0.1) is 0 Å². The SMILES string of the molecule is C=CCc1ccc(OCC(=O)NCc2ccc(Cn3ccccc3=O)cc2)c(OC)c1. The molecule has 1 N–H and O–H groups in total. The quantitative estimate of drug-likeness (QED) is 0.513. The minimum atomic E-state index is -0.225. The van der Waals surface area contributed by atoms with Crippen LogP contribution in [0.2, 0.25) is 0 Å². The predicted octanol–water partition coefficient (Wildman–Crippen LogP) is 3.33. The fraction of sp³-hybridized carbons (Fsp3) is 0.200. The van der Waals surface area contributed by atoms with Crippen molar-refractivity contribution in [1.29, 1.82) is 0 Å². The molecule has 1 amide bonds. The zero-order valence-electron chi connectivity index (χ0n) is 17.5. The number of methoxy groups -OCH3 is 1. The van der Waals surface area contributed by atoms with Crippen LogP contribution >= 0.6 is 0 Å². The zero-order valence-corrected chi connectivity index (χ0v) is 17.5. The Morgan fingerprint density at radius 1 is 1.03 bits per heavy atom. The molecule has 0 aliphatic rings. The molecule has 1 aromatic heterocycles. The lowest BCUT2D eigenvalue weighted by Gasteiger charge is -2.12. The number of allylic oxidation sites excluding steroid dienone is 1. The van der Waals surface area contributed by atoms with Gasteiger partial charge in [-0.05, 0) is 41.3 Å². The van der Waals surface area contributed by atoms with Crippen molar-refractivity contribution >= 4 is 5.91 Å². The van der Waals surface area contributed by atoms with Gasteiger partial charge in [-0.2, -0.15) is 0 Å². The average molecular weight is 418 g/mol. The fourth-order valence-corrected chi connectivity index (χ4v) is 3.07. The summed E-state index contributed by atoms with van der Waals surface area (Å²) in [7, 11) is 1.57. The van der Waals surface area contributed by atoms with E-state index in [-0.39, 0.29) is 18.1 Å². The van der Waals surface area contributed by atoms with Gasteiger partial charge in [0.25, 0.3) is 11.5 Å². The lowest BCUT2D eigenvalue weighted by molar-refractivity contribution is -0.123. The topological polar surface area (TPSA) is 69.6 Å². The Labute approximate surface area is 181 Å². The fourth-order valence-electron chi connectivity index (χ4n) is 3.07. The molecule has 0 aliphatic heterocycles. The second-order valence-corrected chi connectivity index (χ2v) is 7.03. The van der Waals surface area contributed by atoms with Crippen molar-refractivity contribution in [2.75, 3.05) is 13.7 Å². The largest absolute Gasteiger partial charge is 0.493 e. The van der Waals surface area contributed by atoms with Crippen LogP contribution in [0.3, 0.4) is 0 Å². The number of carbonyl (C=O) groups is 1. The average Bonchev–Trinajstić information content (AvgIpc) is 2.79. The van der Waals surface area contributed by atoms with Crippen molar-refractivity contribution in [3.05, 3.63) is 107 Å². The molecule has 0 radical (unpaired) electrons. The third-order valence-corrected chi connectivity index (χ3v) is 4.73. The number of benzene rings is 2. The van der Waals surface area contributed by atoms with Crippen LogP contribution in [0.4, 0.5) is 0 Å². The first-order valence-electron chi connectivity index (χ1n) is 9.99. The second-order valence-electron chi connectivity index (χ2n) is 7.03. The highest BCUT2D eigenvalue weighted by Crippen LogP contribution is 2.28. The van der Waals surface area contributed by atoms with E-state index < -0.39 is 0 Å². The summed E-state index contributed by atoms with van der Waals surface area (Å²) < 4.78 is 12.6. The number of hydrogen-bond donors (Lipinski definition) is 1. The van der Waals surface area contributed by atoms with Crippen molar-refractivity contribution in [2.45, 2.75) is 19.5 Å². The van der Waals surface area contributed by atoms with E-state index in [2.05, 4.69) is 11.9 Å². The molecule has 6 heteroatoms. The molecule has 160 valence electrons. The third-order valence-electron chi connectivity index (χ3n) is 4.73. The molecule has 1 heterocycles. The Morgan fingerprint density at radius 2 is 1.77 bits per heavy atom. The van der Waals surface area contributed by atoms with Crippen molar-refractivity contribution in [3.8, 4) is 11.5 Å². The summed E-state index contributed by atoms with van der Waals surface area (Å²) in [5.41, 5.74) is 3.00. The number of amides is 1. The smallest absolute Gasteiger partial charge is 0.258 e. The Bertz CT molecular complexity index is 1090. The van der Waals surface area contributed by atoms with Gasteiger partial charge in [-0.15, -0.1) is 6.58 Å². The Morgan fingerprint density at radius 3 is 2.48 bits per heavy atom. The number of aromatic nitrogens is 1. The van der Waals surface area contributed by atoms with Gasteiger partial charge in [0.1, 0.15) is 0 Å². The molecule has 2 aromatic carbocycles. The summed E-state index contributed by atoms with van der Waals surface area (Å²) in [4.78, 5) is 24.0. The Balaban J connectivity index is 1.49. The second kappa shape index (κ2) is 10.8. The van der Waals surface area contributed by atoms with E-state index in [1.165, 1.54) is 6.07 Å². The molecule has 6 nitrogen and oxygen atoms in total. The van der Waals surface area contributed by atoms with Crippen molar-refractivity contribution < 1.29 is 14.3 Å². The molecule has 0 unspecified atom stereocenters. The number of hydrogen-bond acceptors (Lipinski definition) is 4. The van der Waals surface area contributed by atoms with Gasteiger partial charge >= 0.3 is 0 Å². The van der Waals surface area contributed by atoms with Crippen molar-refractivity contribution in [3.63, 3.8) is 0 Å². The Kier molecular flexibility index (Phi) is 7.65. The Hall–Kier alpha value is -3.80. The molecular weight excluding hydrogens is 392 g/mol. The number of rotatable bonds is 10. The number of nitrogens with one attached hydrogen (secondary N) is 1. The van der Waals surface area contributed by atoms with Gasteiger partial charge in [0.05, 0.1) is 13.7 Å². The van der Waals surface area contributed by atoms with Crippen molar-refractivity contribution in [2.24, 2.45) is 0 Å². The van der Waals surface area contributed by atoms with E-state index in [1.54, 1.807) is 30.0 Å². The summed E-state index contributed by atoms with van der Waals surface area (Å²) in [5, 5.41) is 2.84. The summed E-state index contributed by atoms with van der Waals surface area (Å²) in [6, 6.07) is 18.5. The normalized spacial score (nSPS) is 10.4. The van der Waals surface area contributed by atoms with E-state index >= 15 is 0 Å². The van der Waals surface area contributed by atoms with E-state index in [0.717, 1.165) is 23.1 Å². The third kappa shape index (κ3) is 6.34. The first-order chi connectivity index (χ1) is 15.1. The van der Waals surface area contributed by atoms with Gasteiger partial charge in [0.15, 0.2) is 18.1 Å². The lowest BCUT2D eigenvalue weighted by Crippen LogP contribution is -2.28. The molecular formula is C25H26N2O4. The number of pyridine rings is 1. The van der Waals surface area contributed by atoms with E-state index in [1.807, 2.05) is 48.5 Å². The van der Waals surface area contributed by atoms with Crippen LogP contribution in [0.1, 0.15) is 16.7 Å². The molecule has 0 saturated carbocycles. The maximum absolute atomic E-state index is 12.2. The van der Waals surface area contributed by atoms with Crippen LogP contribution in [-0.2, 0) is 24.3 Å². The van der Waals surface area contributed by atoms with Crippen LogP contribution in [0.25, 0.3) is 0 Å². The molecule has 0 fully saturated rings. The van der Waals surface area contributed by atoms with Crippen LogP contribution < -0.4 is 20.3 Å². The van der Waals surface area contributed by atoms with Crippen LogP contribution in [-0.4, -0.2) is 24.2 Å². The number of ether oxygens (including phenoxy) is 2. The van der Waals surface area contributed by atoms with E-state index in [4.69, 9.17) is 9.47 Å². The van der Waals surface area contributed by atoms with Gasteiger partial charge in [0, 0.05) is 18.8 Å².